The van der Waals surface area contributed by atoms with Gasteiger partial charge in [0.1, 0.15) is 11.8 Å². The summed E-state index contributed by atoms with van der Waals surface area (Å²) < 4.78 is 37.0. The number of ether oxygens (including phenoxy) is 3. The van der Waals surface area contributed by atoms with Crippen LogP contribution in [0.2, 0.25) is 0 Å². The van der Waals surface area contributed by atoms with E-state index >= 15 is 0 Å². The molecule has 2 aromatic rings. The number of hydrogen-bond donors (Lipinski definition) is 2. The summed E-state index contributed by atoms with van der Waals surface area (Å²) in [6.45, 7) is 4.93. The van der Waals surface area contributed by atoms with Gasteiger partial charge >= 0.3 is 19.2 Å². The van der Waals surface area contributed by atoms with E-state index in [1.807, 2.05) is 0 Å². The largest absolute Gasteiger partial charge is 0.462 e. The van der Waals surface area contributed by atoms with E-state index in [9.17, 15) is 18.9 Å². The standard InChI is InChI=1S/C21H25BrN3O8P/c1-13(2)31-20(27)14(3)24-34(29,33-15-7-5-4-6-8-15)12-30-18-10-9-17(32-18)25-11-16(22)19(26)23-21(25)28/h4-11,13-14,17-18H,12H2,1-3H3,(H,24,29)(H,23,26,28)/t14-,17+,18-,34?/m0/s1. The molecule has 0 radical (unpaired) electrons. The maximum atomic E-state index is 13.6. The van der Waals surface area contributed by atoms with Crippen molar-refractivity contribution in [2.45, 2.75) is 45.4 Å². The van der Waals surface area contributed by atoms with Crippen LogP contribution in [0.1, 0.15) is 27.0 Å². The zero-order chi connectivity index (χ0) is 24.9. The lowest BCUT2D eigenvalue weighted by molar-refractivity contribution is -0.149. The van der Waals surface area contributed by atoms with Crippen LogP contribution in [0, 0.1) is 0 Å². The fourth-order valence-electron chi connectivity index (χ4n) is 2.91. The number of aromatic amines is 1. The molecule has 0 fully saturated rings. The van der Waals surface area contributed by atoms with Crippen LogP contribution in [0.25, 0.3) is 0 Å². The first-order valence-electron chi connectivity index (χ1n) is 10.3. The number of rotatable bonds is 10. The molecule has 1 aromatic carbocycles. The van der Waals surface area contributed by atoms with Crippen molar-refractivity contribution in [1.29, 1.82) is 0 Å². The van der Waals surface area contributed by atoms with Gasteiger partial charge in [-0.25, -0.2) is 9.88 Å². The van der Waals surface area contributed by atoms with Gasteiger partial charge in [-0.05, 0) is 61.0 Å². The van der Waals surface area contributed by atoms with Crippen LogP contribution < -0.4 is 20.9 Å². The van der Waals surface area contributed by atoms with E-state index in [0.717, 1.165) is 4.57 Å². The van der Waals surface area contributed by atoms with Crippen LogP contribution in [0.4, 0.5) is 0 Å². The number of hydrogen-bond acceptors (Lipinski definition) is 8. The maximum Gasteiger partial charge on any atom is 0.342 e. The highest BCUT2D eigenvalue weighted by Gasteiger charge is 2.33. The van der Waals surface area contributed by atoms with Crippen LogP contribution >= 0.6 is 23.4 Å². The monoisotopic (exact) mass is 557 g/mol. The van der Waals surface area contributed by atoms with Crippen molar-refractivity contribution in [2.24, 2.45) is 0 Å². The topological polar surface area (TPSA) is 138 Å². The first kappa shape index (κ1) is 26.1. The summed E-state index contributed by atoms with van der Waals surface area (Å²) in [7, 11) is -3.77. The third-order valence-electron chi connectivity index (χ3n) is 4.41. The number of esters is 1. The summed E-state index contributed by atoms with van der Waals surface area (Å²) in [5.41, 5.74) is -1.23. The molecule has 2 N–H and O–H groups in total. The molecule has 0 saturated heterocycles. The Morgan fingerprint density at radius 1 is 1.24 bits per heavy atom. The van der Waals surface area contributed by atoms with Crippen molar-refractivity contribution in [1.82, 2.24) is 14.6 Å². The third-order valence-corrected chi connectivity index (χ3v) is 6.75. The highest BCUT2D eigenvalue weighted by molar-refractivity contribution is 9.10. The van der Waals surface area contributed by atoms with Gasteiger partial charge in [0.25, 0.3) is 5.56 Å². The molecule has 1 aliphatic rings. The minimum Gasteiger partial charge on any atom is -0.462 e. The molecule has 0 spiro atoms. The molecule has 4 atom stereocenters. The van der Waals surface area contributed by atoms with E-state index < -0.39 is 49.6 Å². The fourth-order valence-corrected chi connectivity index (χ4v) is 4.91. The number of aromatic nitrogens is 2. The molecule has 34 heavy (non-hydrogen) atoms. The van der Waals surface area contributed by atoms with Gasteiger partial charge < -0.3 is 18.7 Å². The van der Waals surface area contributed by atoms with E-state index in [1.54, 1.807) is 50.3 Å². The van der Waals surface area contributed by atoms with Gasteiger partial charge in [0.2, 0.25) is 0 Å². The van der Waals surface area contributed by atoms with Gasteiger partial charge in [0, 0.05) is 6.20 Å². The van der Waals surface area contributed by atoms with Crippen LogP contribution in [-0.4, -0.2) is 40.3 Å². The van der Waals surface area contributed by atoms with Gasteiger partial charge in [0.05, 0.1) is 10.6 Å². The van der Waals surface area contributed by atoms with E-state index in [1.165, 1.54) is 19.2 Å². The lowest BCUT2D eigenvalue weighted by Crippen LogP contribution is -2.37. The second-order valence-electron chi connectivity index (χ2n) is 7.63. The Balaban J connectivity index is 1.69. The molecule has 0 amide bonds. The van der Waals surface area contributed by atoms with E-state index in [4.69, 9.17) is 18.7 Å². The summed E-state index contributed by atoms with van der Waals surface area (Å²) in [5, 5.41) is 2.69. The predicted octanol–water partition coefficient (Wildman–Crippen LogP) is 2.89. The Hall–Kier alpha value is -2.50. The number of carbonyl (C=O) groups is 1. The van der Waals surface area contributed by atoms with Crippen LogP contribution in [0.5, 0.6) is 5.75 Å². The summed E-state index contributed by atoms with van der Waals surface area (Å²) in [5.74, 6) is -0.274. The zero-order valence-electron chi connectivity index (χ0n) is 18.7. The number of para-hydroxylation sites is 1. The maximum absolute atomic E-state index is 13.6. The van der Waals surface area contributed by atoms with Crippen LogP contribution in [0.3, 0.4) is 0 Å². The smallest absolute Gasteiger partial charge is 0.342 e. The molecular weight excluding hydrogens is 533 g/mol. The Morgan fingerprint density at radius 3 is 2.62 bits per heavy atom. The van der Waals surface area contributed by atoms with Crippen LogP contribution in [-0.2, 0) is 23.6 Å². The van der Waals surface area contributed by atoms with Gasteiger partial charge in [0.15, 0.2) is 18.9 Å². The van der Waals surface area contributed by atoms with E-state index in [2.05, 4.69) is 26.0 Å². The molecule has 184 valence electrons. The minimum absolute atomic E-state index is 0.153. The number of halogens is 1. The average molecular weight is 558 g/mol. The van der Waals surface area contributed by atoms with Crippen molar-refractivity contribution in [2.75, 3.05) is 6.35 Å². The molecule has 13 heteroatoms. The van der Waals surface area contributed by atoms with E-state index in [0.29, 0.717) is 5.75 Å². The summed E-state index contributed by atoms with van der Waals surface area (Å²) in [6, 6.07) is 7.50. The SMILES string of the molecule is CC(C)OC(=O)[C@H](C)NP(=O)(CO[C@@H]1C=C[C@H](n2cc(Br)c(=O)[nH]c2=O)O1)Oc1ccccc1. The van der Waals surface area contributed by atoms with Crippen molar-refractivity contribution in [3.8, 4) is 5.75 Å². The lowest BCUT2D eigenvalue weighted by atomic mass is 10.3. The molecule has 0 aliphatic carbocycles. The van der Waals surface area contributed by atoms with Gasteiger partial charge in [-0.15, -0.1) is 0 Å². The Bertz CT molecular complexity index is 1200. The minimum atomic E-state index is -3.77. The number of carbonyl (C=O) groups excluding carboxylic acids is 1. The fraction of sp³-hybridized carbons (Fsp3) is 0.381. The third kappa shape index (κ3) is 7.00. The lowest BCUT2D eigenvalue weighted by Gasteiger charge is -2.25. The van der Waals surface area contributed by atoms with E-state index in [-0.39, 0.29) is 10.6 Å². The van der Waals surface area contributed by atoms with Crippen molar-refractivity contribution in [3.63, 3.8) is 0 Å². The van der Waals surface area contributed by atoms with Crippen molar-refractivity contribution < 1.29 is 28.1 Å². The zero-order valence-corrected chi connectivity index (χ0v) is 21.2. The summed E-state index contributed by atoms with van der Waals surface area (Å²) in [4.78, 5) is 38.0. The molecule has 3 rings (SSSR count). The molecule has 1 aliphatic heterocycles. The second kappa shape index (κ2) is 11.3. The molecular formula is C21H25BrN3O8P. The normalized spacial score (nSPS) is 20.1. The molecule has 1 unspecified atom stereocenters. The molecule has 2 heterocycles. The number of benzene rings is 1. The first-order valence-corrected chi connectivity index (χ1v) is 12.9. The molecule has 11 nitrogen and oxygen atoms in total. The first-order chi connectivity index (χ1) is 16.1. The molecule has 0 saturated carbocycles. The highest BCUT2D eigenvalue weighted by Crippen LogP contribution is 2.44. The Kier molecular flexibility index (Phi) is 8.67. The second-order valence-corrected chi connectivity index (χ2v) is 10.5. The summed E-state index contributed by atoms with van der Waals surface area (Å²) in [6.07, 6.45) is 1.77. The van der Waals surface area contributed by atoms with Gasteiger partial charge in [-0.2, -0.15) is 0 Å². The average Bonchev–Trinajstić information content (AvgIpc) is 3.24. The summed E-state index contributed by atoms with van der Waals surface area (Å²) >= 11 is 3.07. The number of nitrogens with zero attached hydrogens (tertiary/aromatic N) is 1. The predicted molar refractivity (Wildman–Crippen MR) is 127 cm³/mol. The number of nitrogens with one attached hydrogen (secondary N) is 2. The van der Waals surface area contributed by atoms with Crippen LogP contribution in [0.15, 0.2) is 62.7 Å². The van der Waals surface area contributed by atoms with Gasteiger partial charge in [-0.1, -0.05) is 18.2 Å². The molecule has 0 bridgehead atoms. The van der Waals surface area contributed by atoms with Crippen molar-refractivity contribution in [3.05, 3.63) is 74.0 Å². The van der Waals surface area contributed by atoms with Crippen molar-refractivity contribution >= 4 is 29.4 Å². The highest BCUT2D eigenvalue weighted by atomic mass is 79.9. The molecule has 1 aromatic heterocycles. The Labute approximate surface area is 203 Å². The quantitative estimate of drug-likeness (QED) is 0.256. The van der Waals surface area contributed by atoms with Gasteiger partial charge in [-0.3, -0.25) is 23.7 Å². The Morgan fingerprint density at radius 2 is 1.94 bits per heavy atom. The number of H-pyrrole nitrogens is 1.